The van der Waals surface area contributed by atoms with Crippen LogP contribution in [0.5, 0.6) is 0 Å². The lowest BCUT2D eigenvalue weighted by atomic mass is 10.0. The van der Waals surface area contributed by atoms with Crippen molar-refractivity contribution < 1.29 is 14.7 Å². The Balaban J connectivity index is 2.18. The number of urea groups is 1. The SMILES string of the molecule is CC(C)(CC(=O)O)NC(=O)NCCCc1ncc[nH]1. The number of aryl methyl sites for hydroxylation is 1. The van der Waals surface area contributed by atoms with Crippen molar-refractivity contribution in [1.29, 1.82) is 0 Å². The quantitative estimate of drug-likeness (QED) is 0.551. The third-order valence-electron chi connectivity index (χ3n) is 2.48. The molecule has 0 aliphatic heterocycles. The summed E-state index contributed by atoms with van der Waals surface area (Å²) in [5.74, 6) is -0.0588. The monoisotopic (exact) mass is 268 g/mol. The number of aromatic nitrogens is 2. The number of carboxylic acids is 1. The molecule has 1 aromatic rings. The molecule has 0 bridgehead atoms. The Hall–Kier alpha value is -2.05. The summed E-state index contributed by atoms with van der Waals surface area (Å²) in [7, 11) is 0. The fourth-order valence-corrected chi connectivity index (χ4v) is 1.67. The molecule has 0 atom stereocenters. The van der Waals surface area contributed by atoms with Gasteiger partial charge in [-0.15, -0.1) is 0 Å². The van der Waals surface area contributed by atoms with E-state index in [1.807, 2.05) is 0 Å². The number of imidazole rings is 1. The minimum absolute atomic E-state index is 0.118. The topological polar surface area (TPSA) is 107 Å². The summed E-state index contributed by atoms with van der Waals surface area (Å²) in [5.41, 5.74) is -0.767. The van der Waals surface area contributed by atoms with Crippen LogP contribution in [0.15, 0.2) is 12.4 Å². The highest BCUT2D eigenvalue weighted by molar-refractivity contribution is 5.76. The van der Waals surface area contributed by atoms with Gasteiger partial charge in [-0.3, -0.25) is 4.79 Å². The molecule has 7 nitrogen and oxygen atoms in total. The van der Waals surface area contributed by atoms with Crippen molar-refractivity contribution >= 4 is 12.0 Å². The molecule has 0 unspecified atom stereocenters. The minimum Gasteiger partial charge on any atom is -0.481 e. The van der Waals surface area contributed by atoms with Gasteiger partial charge < -0.3 is 20.7 Å². The zero-order chi connectivity index (χ0) is 14.3. The standard InChI is InChI=1S/C12H20N4O3/c1-12(2,8-10(17)18)16-11(19)15-5-3-4-9-13-6-7-14-9/h6-7H,3-5,8H2,1-2H3,(H,13,14)(H,17,18)(H2,15,16,19). The molecule has 1 heterocycles. The zero-order valence-electron chi connectivity index (χ0n) is 11.2. The van der Waals surface area contributed by atoms with Crippen molar-refractivity contribution in [3.05, 3.63) is 18.2 Å². The molecular weight excluding hydrogens is 248 g/mol. The highest BCUT2D eigenvalue weighted by Gasteiger charge is 2.23. The number of rotatable bonds is 7. The zero-order valence-corrected chi connectivity index (χ0v) is 11.2. The minimum atomic E-state index is -0.942. The molecular formula is C12H20N4O3. The van der Waals surface area contributed by atoms with Crippen LogP contribution in [0.3, 0.4) is 0 Å². The molecule has 106 valence electrons. The summed E-state index contributed by atoms with van der Waals surface area (Å²) >= 11 is 0. The van der Waals surface area contributed by atoms with E-state index < -0.39 is 11.5 Å². The molecule has 4 N–H and O–H groups in total. The number of hydrogen-bond donors (Lipinski definition) is 4. The summed E-state index contributed by atoms with van der Waals surface area (Å²) in [5, 5.41) is 14.0. The Labute approximate surface area is 111 Å². The summed E-state index contributed by atoms with van der Waals surface area (Å²) in [6.45, 7) is 3.85. The van der Waals surface area contributed by atoms with Crippen molar-refractivity contribution in [3.8, 4) is 0 Å². The molecule has 0 radical (unpaired) electrons. The molecule has 7 heteroatoms. The molecule has 0 spiro atoms. The molecule has 0 aliphatic carbocycles. The van der Waals surface area contributed by atoms with Gasteiger partial charge in [0.15, 0.2) is 0 Å². The van der Waals surface area contributed by atoms with Gasteiger partial charge in [-0.1, -0.05) is 0 Å². The normalized spacial score (nSPS) is 11.1. The Kier molecular flexibility index (Phi) is 5.35. The van der Waals surface area contributed by atoms with Crippen molar-refractivity contribution in [2.75, 3.05) is 6.54 Å². The third kappa shape index (κ3) is 6.44. The molecule has 0 aliphatic rings. The molecule has 0 aromatic carbocycles. The smallest absolute Gasteiger partial charge is 0.315 e. The molecule has 0 saturated heterocycles. The number of H-pyrrole nitrogens is 1. The number of aliphatic carboxylic acids is 1. The molecule has 2 amide bonds. The van der Waals surface area contributed by atoms with Gasteiger partial charge in [-0.05, 0) is 20.3 Å². The van der Waals surface area contributed by atoms with E-state index in [4.69, 9.17) is 5.11 Å². The maximum atomic E-state index is 11.6. The van der Waals surface area contributed by atoms with Gasteiger partial charge in [-0.25, -0.2) is 9.78 Å². The number of carboxylic acid groups (broad SMARTS) is 1. The third-order valence-corrected chi connectivity index (χ3v) is 2.48. The molecule has 0 fully saturated rings. The van der Waals surface area contributed by atoms with Gasteiger partial charge in [0, 0.05) is 30.9 Å². The van der Waals surface area contributed by atoms with Gasteiger partial charge in [0.1, 0.15) is 5.82 Å². The number of nitrogens with one attached hydrogen (secondary N) is 3. The van der Waals surface area contributed by atoms with Crippen molar-refractivity contribution in [1.82, 2.24) is 20.6 Å². The maximum Gasteiger partial charge on any atom is 0.315 e. The van der Waals surface area contributed by atoms with Gasteiger partial charge >= 0.3 is 12.0 Å². The first-order valence-electron chi connectivity index (χ1n) is 6.15. The lowest BCUT2D eigenvalue weighted by Crippen LogP contribution is -2.49. The van der Waals surface area contributed by atoms with E-state index in [0.717, 1.165) is 18.7 Å². The van der Waals surface area contributed by atoms with Crippen LogP contribution in [0.25, 0.3) is 0 Å². The van der Waals surface area contributed by atoms with E-state index in [2.05, 4.69) is 20.6 Å². The van der Waals surface area contributed by atoms with Gasteiger partial charge in [0.2, 0.25) is 0 Å². The van der Waals surface area contributed by atoms with E-state index in [1.54, 1.807) is 26.2 Å². The van der Waals surface area contributed by atoms with Crippen LogP contribution < -0.4 is 10.6 Å². The van der Waals surface area contributed by atoms with Crippen LogP contribution in [0.2, 0.25) is 0 Å². The number of amides is 2. The van der Waals surface area contributed by atoms with Gasteiger partial charge in [-0.2, -0.15) is 0 Å². The van der Waals surface area contributed by atoms with E-state index in [-0.39, 0.29) is 12.5 Å². The average Bonchev–Trinajstić information content (AvgIpc) is 2.74. The van der Waals surface area contributed by atoms with Gasteiger partial charge in [0.05, 0.1) is 6.42 Å². The van der Waals surface area contributed by atoms with Crippen LogP contribution >= 0.6 is 0 Å². The van der Waals surface area contributed by atoms with Crippen molar-refractivity contribution in [3.63, 3.8) is 0 Å². The summed E-state index contributed by atoms with van der Waals surface area (Å²) in [6.07, 6.45) is 4.84. The van der Waals surface area contributed by atoms with Crippen LogP contribution in [0.4, 0.5) is 4.79 Å². The van der Waals surface area contributed by atoms with E-state index in [1.165, 1.54) is 0 Å². The van der Waals surface area contributed by atoms with Crippen LogP contribution in [-0.2, 0) is 11.2 Å². The second-order valence-electron chi connectivity index (χ2n) is 4.97. The fraction of sp³-hybridized carbons (Fsp3) is 0.583. The number of aromatic amines is 1. The molecule has 1 rings (SSSR count). The molecule has 1 aromatic heterocycles. The Morgan fingerprint density at radius 1 is 1.47 bits per heavy atom. The van der Waals surface area contributed by atoms with Crippen LogP contribution in [0.1, 0.15) is 32.5 Å². The van der Waals surface area contributed by atoms with E-state index in [0.29, 0.717) is 6.54 Å². The highest BCUT2D eigenvalue weighted by atomic mass is 16.4. The summed E-state index contributed by atoms with van der Waals surface area (Å²) < 4.78 is 0. The second-order valence-corrected chi connectivity index (χ2v) is 4.97. The van der Waals surface area contributed by atoms with Crippen molar-refractivity contribution in [2.45, 2.75) is 38.6 Å². The first-order valence-corrected chi connectivity index (χ1v) is 6.15. The van der Waals surface area contributed by atoms with E-state index >= 15 is 0 Å². The highest BCUT2D eigenvalue weighted by Crippen LogP contribution is 2.07. The Morgan fingerprint density at radius 3 is 2.79 bits per heavy atom. The van der Waals surface area contributed by atoms with Crippen molar-refractivity contribution in [2.24, 2.45) is 0 Å². The number of carbonyl (C=O) groups is 2. The summed E-state index contributed by atoms with van der Waals surface area (Å²) in [6, 6.07) is -0.356. The maximum absolute atomic E-state index is 11.6. The fourth-order valence-electron chi connectivity index (χ4n) is 1.67. The first kappa shape index (κ1) is 15.0. The predicted octanol–water partition coefficient (Wildman–Crippen LogP) is 0.895. The number of nitrogens with zero attached hydrogens (tertiary/aromatic N) is 1. The van der Waals surface area contributed by atoms with Crippen LogP contribution in [0, 0.1) is 0 Å². The molecule has 19 heavy (non-hydrogen) atoms. The predicted molar refractivity (Wildman–Crippen MR) is 69.8 cm³/mol. The second kappa shape index (κ2) is 6.77. The first-order chi connectivity index (χ1) is 8.89. The Bertz CT molecular complexity index is 415. The number of hydrogen-bond acceptors (Lipinski definition) is 3. The lowest BCUT2D eigenvalue weighted by molar-refractivity contribution is -0.138. The van der Waals surface area contributed by atoms with Gasteiger partial charge in [0.25, 0.3) is 0 Å². The largest absolute Gasteiger partial charge is 0.481 e. The lowest BCUT2D eigenvalue weighted by Gasteiger charge is -2.24. The van der Waals surface area contributed by atoms with E-state index in [9.17, 15) is 9.59 Å². The molecule has 0 saturated carbocycles. The Morgan fingerprint density at radius 2 is 2.21 bits per heavy atom. The average molecular weight is 268 g/mol. The number of carbonyl (C=O) groups excluding carboxylic acids is 1. The van der Waals surface area contributed by atoms with Crippen LogP contribution in [-0.4, -0.2) is 39.2 Å². The summed E-state index contributed by atoms with van der Waals surface area (Å²) in [4.78, 5) is 29.2.